The van der Waals surface area contributed by atoms with Gasteiger partial charge in [-0.3, -0.25) is 9.78 Å². The Morgan fingerprint density at radius 2 is 1.82 bits per heavy atom. The van der Waals surface area contributed by atoms with Gasteiger partial charge in [0.25, 0.3) is 5.56 Å². The molecule has 1 aliphatic rings. The molecule has 0 aliphatic heterocycles. The third-order valence-electron chi connectivity index (χ3n) is 7.01. The van der Waals surface area contributed by atoms with E-state index in [0.29, 0.717) is 17.2 Å². The maximum absolute atomic E-state index is 13.1. The van der Waals surface area contributed by atoms with Crippen molar-refractivity contribution in [3.63, 3.8) is 0 Å². The zero-order valence-electron chi connectivity index (χ0n) is 21.2. The summed E-state index contributed by atoms with van der Waals surface area (Å²) in [7, 11) is 0. The summed E-state index contributed by atoms with van der Waals surface area (Å²) in [4.78, 5) is 33.4. The molecule has 0 aromatic carbocycles. The summed E-state index contributed by atoms with van der Waals surface area (Å²) in [6.07, 6.45) is -0.113. The molecule has 0 radical (unpaired) electrons. The Labute approximate surface area is 215 Å². The van der Waals surface area contributed by atoms with Crippen molar-refractivity contribution < 1.29 is 13.2 Å². The molecule has 1 aliphatic carbocycles. The minimum absolute atomic E-state index is 0.0322. The molecule has 12 heteroatoms. The van der Waals surface area contributed by atoms with E-state index in [2.05, 4.69) is 40.8 Å². The van der Waals surface area contributed by atoms with E-state index in [4.69, 9.17) is 9.97 Å². The number of nitrogens with one attached hydrogen (secondary N) is 1. The Hall–Kier alpha value is -4.14. The largest absolute Gasteiger partial charge is 0.433 e. The predicted molar refractivity (Wildman–Crippen MR) is 131 cm³/mol. The second kappa shape index (κ2) is 9.01. The molecule has 2 unspecified atom stereocenters. The SMILES string of the molecule is C[C@@H](c1ccc(C(F)(F)F)nc1)n1nc(C#N)c2c(=O)[nH]c(C3CCC3c3nccc(C(C)(C)C)n3)nc21. The van der Waals surface area contributed by atoms with Crippen LogP contribution in [0.15, 0.2) is 35.4 Å². The fourth-order valence-electron chi connectivity index (χ4n) is 4.65. The van der Waals surface area contributed by atoms with Crippen molar-refractivity contribution >= 4 is 11.0 Å². The Kier molecular flexibility index (Phi) is 6.04. The molecule has 38 heavy (non-hydrogen) atoms. The van der Waals surface area contributed by atoms with Gasteiger partial charge in [-0.25, -0.2) is 19.6 Å². The standard InChI is InChI=1S/C26H25F3N8O/c1-13(14-5-8-19(32-12-14)26(27,28)29)37-23-20(17(11-30)36-37)24(38)35-22(34-23)16-7-6-15(16)21-31-10-9-18(33-21)25(2,3)4/h5,8-10,12-13,15-16H,6-7H2,1-4H3,(H,34,35,38)/t13-,15?,16?/m0/s1. The maximum atomic E-state index is 13.1. The number of H-pyrrole nitrogens is 1. The molecule has 0 saturated heterocycles. The van der Waals surface area contributed by atoms with E-state index in [1.807, 2.05) is 12.1 Å². The van der Waals surface area contributed by atoms with Gasteiger partial charge in [-0.15, -0.1) is 0 Å². The third-order valence-corrected chi connectivity index (χ3v) is 7.01. The van der Waals surface area contributed by atoms with Gasteiger partial charge in [0.05, 0.1) is 6.04 Å². The van der Waals surface area contributed by atoms with E-state index in [9.17, 15) is 23.2 Å². The van der Waals surface area contributed by atoms with E-state index >= 15 is 0 Å². The lowest BCUT2D eigenvalue weighted by Gasteiger charge is -2.35. The van der Waals surface area contributed by atoms with Crippen LogP contribution in [0.1, 0.15) is 92.7 Å². The molecule has 1 saturated carbocycles. The van der Waals surface area contributed by atoms with Crippen LogP contribution in [-0.4, -0.2) is 34.7 Å². The number of halogens is 3. The predicted octanol–water partition coefficient (Wildman–Crippen LogP) is 4.76. The van der Waals surface area contributed by atoms with Gasteiger partial charge in [-0.05, 0) is 37.5 Å². The fraction of sp³-hybridized carbons (Fsp3) is 0.423. The van der Waals surface area contributed by atoms with Gasteiger partial charge in [0.1, 0.15) is 28.8 Å². The molecular weight excluding hydrogens is 497 g/mol. The van der Waals surface area contributed by atoms with Crippen LogP contribution in [-0.2, 0) is 11.6 Å². The first-order valence-corrected chi connectivity index (χ1v) is 12.2. The number of alkyl halides is 3. The highest BCUT2D eigenvalue weighted by molar-refractivity contribution is 5.80. The van der Waals surface area contributed by atoms with Gasteiger partial charge in [0.2, 0.25) is 0 Å². The number of pyridine rings is 1. The Balaban J connectivity index is 1.55. The molecule has 4 aromatic heterocycles. The first-order chi connectivity index (χ1) is 17.9. The highest BCUT2D eigenvalue weighted by Gasteiger charge is 2.38. The zero-order valence-corrected chi connectivity index (χ0v) is 21.2. The topological polar surface area (TPSA) is 126 Å². The van der Waals surface area contributed by atoms with Crippen LogP contribution in [0.2, 0.25) is 0 Å². The molecule has 9 nitrogen and oxygen atoms in total. The lowest BCUT2D eigenvalue weighted by molar-refractivity contribution is -0.141. The van der Waals surface area contributed by atoms with Crippen LogP contribution in [0.5, 0.6) is 0 Å². The van der Waals surface area contributed by atoms with Crippen LogP contribution in [0, 0.1) is 11.3 Å². The van der Waals surface area contributed by atoms with Crippen molar-refractivity contribution in [3.05, 3.63) is 75.2 Å². The minimum atomic E-state index is -4.56. The summed E-state index contributed by atoms with van der Waals surface area (Å²) in [5, 5.41) is 13.9. The molecule has 0 amide bonds. The zero-order chi connectivity index (χ0) is 27.4. The number of nitriles is 1. The van der Waals surface area contributed by atoms with Gasteiger partial charge in [0, 0.05) is 35.3 Å². The normalized spacial score (nSPS) is 18.7. The Morgan fingerprint density at radius 1 is 1.08 bits per heavy atom. The molecule has 4 aromatic rings. The fourth-order valence-corrected chi connectivity index (χ4v) is 4.65. The molecule has 1 N–H and O–H groups in total. The summed E-state index contributed by atoms with van der Waals surface area (Å²) in [6, 6.07) is 5.36. The van der Waals surface area contributed by atoms with Gasteiger partial charge >= 0.3 is 6.18 Å². The first-order valence-electron chi connectivity index (χ1n) is 12.2. The van der Waals surface area contributed by atoms with Crippen molar-refractivity contribution in [1.82, 2.24) is 34.7 Å². The molecule has 196 valence electrons. The second-order valence-electron chi connectivity index (χ2n) is 10.5. The van der Waals surface area contributed by atoms with Gasteiger partial charge in [-0.2, -0.15) is 23.5 Å². The van der Waals surface area contributed by atoms with Crippen molar-refractivity contribution in [2.75, 3.05) is 0 Å². The van der Waals surface area contributed by atoms with Crippen molar-refractivity contribution in [2.24, 2.45) is 0 Å². The summed E-state index contributed by atoms with van der Waals surface area (Å²) >= 11 is 0. The molecule has 1 fully saturated rings. The van der Waals surface area contributed by atoms with Crippen LogP contribution < -0.4 is 5.56 Å². The van der Waals surface area contributed by atoms with E-state index in [0.717, 1.165) is 30.8 Å². The first kappa shape index (κ1) is 25.5. The quantitative estimate of drug-likeness (QED) is 0.409. The number of fused-ring (bicyclic) bond motifs is 1. The summed E-state index contributed by atoms with van der Waals surface area (Å²) in [5.41, 5.74) is -0.250. The van der Waals surface area contributed by atoms with Gasteiger partial charge in [-0.1, -0.05) is 26.8 Å². The lowest BCUT2D eigenvalue weighted by atomic mass is 9.72. The molecular formula is C26H25F3N8O. The third kappa shape index (κ3) is 4.42. The van der Waals surface area contributed by atoms with Crippen LogP contribution in [0.4, 0.5) is 13.2 Å². The maximum Gasteiger partial charge on any atom is 0.433 e. The monoisotopic (exact) mass is 522 g/mol. The van der Waals surface area contributed by atoms with Crippen molar-refractivity contribution in [3.8, 4) is 6.07 Å². The van der Waals surface area contributed by atoms with Crippen LogP contribution in [0.25, 0.3) is 11.0 Å². The van der Waals surface area contributed by atoms with Crippen molar-refractivity contribution in [2.45, 2.75) is 70.0 Å². The molecule has 0 bridgehead atoms. The number of aromatic nitrogens is 7. The van der Waals surface area contributed by atoms with Gasteiger partial charge < -0.3 is 4.98 Å². The number of rotatable bonds is 4. The summed E-state index contributed by atoms with van der Waals surface area (Å²) in [6.45, 7) is 7.92. The molecule has 0 spiro atoms. The second-order valence-corrected chi connectivity index (χ2v) is 10.5. The van der Waals surface area contributed by atoms with Crippen LogP contribution in [0.3, 0.4) is 0 Å². The number of hydrogen-bond donors (Lipinski definition) is 1. The van der Waals surface area contributed by atoms with E-state index in [-0.39, 0.29) is 34.0 Å². The number of hydrogen-bond acceptors (Lipinski definition) is 7. The summed E-state index contributed by atoms with van der Waals surface area (Å²) < 4.78 is 40.3. The van der Waals surface area contributed by atoms with Gasteiger partial charge in [0.15, 0.2) is 11.3 Å². The average molecular weight is 523 g/mol. The minimum Gasteiger partial charge on any atom is -0.310 e. The molecule has 5 rings (SSSR count). The van der Waals surface area contributed by atoms with Crippen molar-refractivity contribution in [1.29, 1.82) is 5.26 Å². The highest BCUT2D eigenvalue weighted by atomic mass is 19.4. The Morgan fingerprint density at radius 3 is 2.39 bits per heavy atom. The van der Waals surface area contributed by atoms with E-state index in [1.165, 1.54) is 10.7 Å². The summed E-state index contributed by atoms with van der Waals surface area (Å²) in [5.74, 6) is 0.944. The number of nitrogens with zero attached hydrogens (tertiary/aromatic N) is 7. The molecule has 3 atom stereocenters. The Bertz CT molecular complexity index is 1610. The lowest BCUT2D eigenvalue weighted by Crippen LogP contribution is -2.29. The van der Waals surface area contributed by atoms with E-state index in [1.54, 1.807) is 13.1 Å². The average Bonchev–Trinajstić information content (AvgIpc) is 3.21. The van der Waals surface area contributed by atoms with E-state index < -0.39 is 23.5 Å². The smallest absolute Gasteiger partial charge is 0.310 e. The molecule has 4 heterocycles. The number of aromatic amines is 1. The van der Waals surface area contributed by atoms with Crippen LogP contribution >= 0.6 is 0 Å². The highest BCUT2D eigenvalue weighted by Crippen LogP contribution is 2.47.